The van der Waals surface area contributed by atoms with Crippen molar-refractivity contribution in [2.24, 2.45) is 5.73 Å². The quantitative estimate of drug-likeness (QED) is 0.714. The predicted molar refractivity (Wildman–Crippen MR) is 120 cm³/mol. The van der Waals surface area contributed by atoms with E-state index in [1.54, 1.807) is 0 Å². The van der Waals surface area contributed by atoms with E-state index in [0.29, 0.717) is 31.7 Å². The molecule has 5 rings (SSSR count). The number of carbonyl (C=O) groups excluding carboxylic acids is 2. The second kappa shape index (κ2) is 7.78. The zero-order valence-electron chi connectivity index (χ0n) is 17.5. The maximum Gasteiger partial charge on any atom is 0.253 e. The van der Waals surface area contributed by atoms with Gasteiger partial charge in [0.15, 0.2) is 0 Å². The third kappa shape index (κ3) is 3.68. The van der Waals surface area contributed by atoms with Gasteiger partial charge in [-0.2, -0.15) is 0 Å². The Bertz CT molecular complexity index is 1130. The number of piperazine rings is 1. The molecule has 1 saturated carbocycles. The topological polar surface area (TPSA) is 79.5 Å². The standard InChI is InChI=1S/C25H26N4O2/c26-25(12-3-13-25)24(31)29-16-14-28(15-17-29)23(30)20-8-6-19(7-9-20)22-11-10-18-4-1-2-5-21(18)27-22/h1-2,4-11H,3,12-17,26H2. The van der Waals surface area contributed by atoms with E-state index in [-0.39, 0.29) is 11.8 Å². The van der Waals surface area contributed by atoms with Crippen LogP contribution in [0.5, 0.6) is 0 Å². The summed E-state index contributed by atoms with van der Waals surface area (Å²) in [7, 11) is 0. The van der Waals surface area contributed by atoms with Crippen LogP contribution in [0.15, 0.2) is 60.7 Å². The van der Waals surface area contributed by atoms with Crippen molar-refractivity contribution in [3.05, 3.63) is 66.2 Å². The zero-order valence-corrected chi connectivity index (χ0v) is 17.5. The minimum atomic E-state index is -0.668. The van der Waals surface area contributed by atoms with Gasteiger partial charge >= 0.3 is 0 Å². The molecule has 158 valence electrons. The molecule has 6 nitrogen and oxygen atoms in total. The molecule has 2 aliphatic rings. The van der Waals surface area contributed by atoms with Crippen LogP contribution in [0.4, 0.5) is 0 Å². The predicted octanol–water partition coefficient (Wildman–Crippen LogP) is 3.07. The fourth-order valence-electron chi connectivity index (χ4n) is 4.39. The Morgan fingerprint density at radius 1 is 0.839 bits per heavy atom. The minimum Gasteiger partial charge on any atom is -0.338 e. The van der Waals surface area contributed by atoms with E-state index >= 15 is 0 Å². The molecule has 2 fully saturated rings. The molecule has 1 aliphatic heterocycles. The van der Waals surface area contributed by atoms with Crippen LogP contribution in [0.2, 0.25) is 0 Å². The van der Waals surface area contributed by atoms with Gasteiger partial charge in [0.2, 0.25) is 5.91 Å². The lowest BCUT2D eigenvalue weighted by molar-refractivity contribution is -0.141. The molecule has 2 heterocycles. The number of carbonyl (C=O) groups is 2. The number of pyridine rings is 1. The summed E-state index contributed by atoms with van der Waals surface area (Å²) >= 11 is 0. The van der Waals surface area contributed by atoms with Crippen molar-refractivity contribution in [1.82, 2.24) is 14.8 Å². The van der Waals surface area contributed by atoms with Crippen molar-refractivity contribution in [3.63, 3.8) is 0 Å². The van der Waals surface area contributed by atoms with Crippen molar-refractivity contribution < 1.29 is 9.59 Å². The molecule has 1 aliphatic carbocycles. The van der Waals surface area contributed by atoms with Crippen LogP contribution in [-0.4, -0.2) is 58.3 Å². The molecule has 0 spiro atoms. The Morgan fingerprint density at radius 2 is 1.52 bits per heavy atom. The molecule has 31 heavy (non-hydrogen) atoms. The van der Waals surface area contributed by atoms with E-state index in [2.05, 4.69) is 6.07 Å². The molecule has 0 unspecified atom stereocenters. The fourth-order valence-corrected chi connectivity index (χ4v) is 4.39. The number of amides is 2. The van der Waals surface area contributed by atoms with Gasteiger partial charge in [-0.1, -0.05) is 36.4 Å². The van der Waals surface area contributed by atoms with Crippen LogP contribution in [0.1, 0.15) is 29.6 Å². The van der Waals surface area contributed by atoms with Gasteiger partial charge in [0, 0.05) is 42.7 Å². The Morgan fingerprint density at radius 3 is 2.19 bits per heavy atom. The lowest BCUT2D eigenvalue weighted by Gasteiger charge is -2.43. The molecule has 2 N–H and O–H groups in total. The SMILES string of the molecule is NC1(C(=O)N2CCN(C(=O)c3ccc(-c4ccc5ccccc5n4)cc3)CC2)CCC1. The maximum absolute atomic E-state index is 12.9. The Labute approximate surface area is 181 Å². The number of aromatic nitrogens is 1. The molecular weight excluding hydrogens is 388 g/mol. The molecule has 3 aromatic rings. The van der Waals surface area contributed by atoms with E-state index < -0.39 is 5.54 Å². The third-order valence-corrected chi connectivity index (χ3v) is 6.55. The van der Waals surface area contributed by atoms with Crippen LogP contribution in [0.25, 0.3) is 22.2 Å². The van der Waals surface area contributed by atoms with Gasteiger partial charge in [-0.05, 0) is 43.5 Å². The normalized spacial score (nSPS) is 18.0. The summed E-state index contributed by atoms with van der Waals surface area (Å²) in [5.74, 6) is 0.0364. The highest BCUT2D eigenvalue weighted by Crippen LogP contribution is 2.31. The molecule has 0 bridgehead atoms. The zero-order chi connectivity index (χ0) is 21.4. The summed E-state index contributed by atoms with van der Waals surface area (Å²) < 4.78 is 0. The lowest BCUT2D eigenvalue weighted by Crippen LogP contribution is -2.62. The monoisotopic (exact) mass is 414 g/mol. The van der Waals surface area contributed by atoms with Crippen LogP contribution in [-0.2, 0) is 4.79 Å². The van der Waals surface area contributed by atoms with Crippen LogP contribution in [0, 0.1) is 0 Å². The van der Waals surface area contributed by atoms with Gasteiger partial charge in [0.1, 0.15) is 0 Å². The number of benzene rings is 2. The molecule has 1 saturated heterocycles. The van der Waals surface area contributed by atoms with Gasteiger partial charge in [0.05, 0.1) is 16.7 Å². The number of rotatable bonds is 3. The number of fused-ring (bicyclic) bond motifs is 1. The van der Waals surface area contributed by atoms with Crippen molar-refractivity contribution in [1.29, 1.82) is 0 Å². The van der Waals surface area contributed by atoms with Crippen LogP contribution >= 0.6 is 0 Å². The number of para-hydroxylation sites is 1. The summed E-state index contributed by atoms with van der Waals surface area (Å²) in [6.07, 6.45) is 2.55. The molecule has 1 aromatic heterocycles. The van der Waals surface area contributed by atoms with Crippen molar-refractivity contribution in [2.75, 3.05) is 26.2 Å². The highest BCUT2D eigenvalue weighted by molar-refractivity contribution is 5.95. The Hall–Kier alpha value is -3.25. The van der Waals surface area contributed by atoms with Crippen LogP contribution in [0.3, 0.4) is 0 Å². The summed E-state index contributed by atoms with van der Waals surface area (Å²) in [6, 6.07) is 19.7. The first-order chi connectivity index (χ1) is 15.0. The minimum absolute atomic E-state index is 0.00349. The molecule has 2 amide bonds. The smallest absolute Gasteiger partial charge is 0.253 e. The third-order valence-electron chi connectivity index (χ3n) is 6.55. The first-order valence-corrected chi connectivity index (χ1v) is 10.9. The first kappa shape index (κ1) is 19.7. The number of hydrogen-bond acceptors (Lipinski definition) is 4. The second-order valence-corrected chi connectivity index (χ2v) is 8.56. The summed E-state index contributed by atoms with van der Waals surface area (Å²) in [5.41, 5.74) is 8.98. The molecule has 0 radical (unpaired) electrons. The fraction of sp³-hybridized carbons (Fsp3) is 0.320. The van der Waals surface area contributed by atoms with Gasteiger partial charge in [-0.15, -0.1) is 0 Å². The van der Waals surface area contributed by atoms with E-state index in [9.17, 15) is 9.59 Å². The summed E-state index contributed by atoms with van der Waals surface area (Å²) in [5, 5.41) is 1.11. The summed E-state index contributed by atoms with van der Waals surface area (Å²) in [4.78, 5) is 33.9. The largest absolute Gasteiger partial charge is 0.338 e. The average molecular weight is 415 g/mol. The Kier molecular flexibility index (Phi) is 4.94. The highest BCUT2D eigenvalue weighted by atomic mass is 16.2. The first-order valence-electron chi connectivity index (χ1n) is 10.9. The van der Waals surface area contributed by atoms with E-state index in [0.717, 1.165) is 41.4 Å². The highest BCUT2D eigenvalue weighted by Gasteiger charge is 2.43. The van der Waals surface area contributed by atoms with Gasteiger partial charge in [-0.25, -0.2) is 4.98 Å². The lowest BCUT2D eigenvalue weighted by atomic mass is 9.76. The Balaban J connectivity index is 1.24. The molecular formula is C25H26N4O2. The van der Waals surface area contributed by atoms with Crippen molar-refractivity contribution in [2.45, 2.75) is 24.8 Å². The van der Waals surface area contributed by atoms with E-state index in [1.165, 1.54) is 0 Å². The average Bonchev–Trinajstić information content (AvgIpc) is 2.81. The summed E-state index contributed by atoms with van der Waals surface area (Å²) in [6.45, 7) is 2.16. The van der Waals surface area contributed by atoms with Crippen molar-refractivity contribution >= 4 is 22.7 Å². The number of nitrogens with two attached hydrogens (primary N) is 1. The number of hydrogen-bond donors (Lipinski definition) is 1. The van der Waals surface area contributed by atoms with E-state index in [4.69, 9.17) is 10.7 Å². The molecule has 6 heteroatoms. The molecule has 0 atom stereocenters. The van der Waals surface area contributed by atoms with Crippen molar-refractivity contribution in [3.8, 4) is 11.3 Å². The van der Waals surface area contributed by atoms with E-state index in [1.807, 2.05) is 64.4 Å². The second-order valence-electron chi connectivity index (χ2n) is 8.56. The maximum atomic E-state index is 12.9. The van der Waals surface area contributed by atoms with Crippen LogP contribution < -0.4 is 5.73 Å². The van der Waals surface area contributed by atoms with Gasteiger partial charge in [-0.3, -0.25) is 9.59 Å². The van der Waals surface area contributed by atoms with Gasteiger partial charge in [0.25, 0.3) is 5.91 Å². The van der Waals surface area contributed by atoms with Gasteiger partial charge < -0.3 is 15.5 Å². The number of nitrogens with zero attached hydrogens (tertiary/aromatic N) is 3. The molecule has 2 aromatic carbocycles.